The van der Waals surface area contributed by atoms with Gasteiger partial charge >= 0.3 is 0 Å². The van der Waals surface area contributed by atoms with Gasteiger partial charge in [-0.1, -0.05) is 13.0 Å². The van der Waals surface area contributed by atoms with Gasteiger partial charge in [0.25, 0.3) is 0 Å². The van der Waals surface area contributed by atoms with Crippen LogP contribution in [0.1, 0.15) is 62.1 Å². The maximum atomic E-state index is 13.4. The van der Waals surface area contributed by atoms with E-state index in [2.05, 4.69) is 43.2 Å². The molecule has 0 aliphatic heterocycles. The fraction of sp³-hybridized carbons (Fsp3) is 0.520. The van der Waals surface area contributed by atoms with E-state index in [0.717, 1.165) is 49.1 Å². The zero-order valence-electron chi connectivity index (χ0n) is 17.6. The van der Waals surface area contributed by atoms with Crippen molar-refractivity contribution in [1.82, 2.24) is 9.78 Å². The lowest BCUT2D eigenvalue weighted by molar-refractivity contribution is -0.127. The number of ketones is 1. The Labute approximate surface area is 173 Å². The fourth-order valence-electron chi connectivity index (χ4n) is 6.31. The van der Waals surface area contributed by atoms with Crippen molar-refractivity contribution in [2.75, 3.05) is 7.11 Å². The minimum atomic E-state index is -0.197. The van der Waals surface area contributed by atoms with Gasteiger partial charge in [-0.2, -0.15) is 5.10 Å². The monoisotopic (exact) mass is 390 g/mol. The first-order chi connectivity index (χ1) is 14.0. The second kappa shape index (κ2) is 6.86. The molecule has 2 saturated carbocycles. The Bertz CT molecular complexity index is 988. The summed E-state index contributed by atoms with van der Waals surface area (Å²) in [5, 5.41) is 4.37. The van der Waals surface area contributed by atoms with E-state index >= 15 is 0 Å². The van der Waals surface area contributed by atoms with Gasteiger partial charge in [-0.25, -0.2) is 0 Å². The van der Waals surface area contributed by atoms with E-state index in [-0.39, 0.29) is 5.41 Å². The standard InChI is InChI=1S/C25H30N2O2/c1-4-27-15-16(14-26-27)11-18-13-23-22-7-5-17-12-19(29-3)6-8-20(17)21(22)9-10-25(23,2)24(18)28/h6,8,11-12,14-15,21-23H,4-5,7,9-10,13H2,1-3H3/b18-11+/t21-,22+,23+,25-/m0/s1. The van der Waals surface area contributed by atoms with Crippen LogP contribution in [0.15, 0.2) is 36.2 Å². The van der Waals surface area contributed by atoms with Crippen LogP contribution in [0.3, 0.4) is 0 Å². The van der Waals surface area contributed by atoms with Crippen LogP contribution in [0.5, 0.6) is 5.75 Å². The number of hydrogen-bond acceptors (Lipinski definition) is 3. The Hall–Kier alpha value is -2.36. The second-order valence-electron chi connectivity index (χ2n) is 9.27. The molecule has 29 heavy (non-hydrogen) atoms. The predicted molar refractivity (Wildman–Crippen MR) is 114 cm³/mol. The van der Waals surface area contributed by atoms with Gasteiger partial charge in [0.1, 0.15) is 5.75 Å². The molecule has 1 aromatic heterocycles. The number of aromatic nitrogens is 2. The minimum absolute atomic E-state index is 0.197. The molecule has 4 atom stereocenters. The summed E-state index contributed by atoms with van der Waals surface area (Å²) in [5.74, 6) is 2.97. The van der Waals surface area contributed by atoms with Gasteiger partial charge in [0.2, 0.25) is 0 Å². The third kappa shape index (κ3) is 2.87. The van der Waals surface area contributed by atoms with Gasteiger partial charge in [-0.15, -0.1) is 0 Å². The van der Waals surface area contributed by atoms with E-state index in [1.54, 1.807) is 7.11 Å². The van der Waals surface area contributed by atoms with Crippen molar-refractivity contribution in [3.8, 4) is 5.75 Å². The smallest absolute Gasteiger partial charge is 0.165 e. The highest BCUT2D eigenvalue weighted by atomic mass is 16.5. The van der Waals surface area contributed by atoms with Crippen LogP contribution in [0, 0.1) is 17.3 Å². The van der Waals surface area contributed by atoms with E-state index in [1.165, 1.54) is 17.5 Å². The largest absolute Gasteiger partial charge is 0.497 e. The minimum Gasteiger partial charge on any atom is -0.497 e. The highest BCUT2D eigenvalue weighted by Crippen LogP contribution is 2.60. The van der Waals surface area contributed by atoms with Crippen LogP contribution in [0.25, 0.3) is 6.08 Å². The Morgan fingerprint density at radius 2 is 2.21 bits per heavy atom. The van der Waals surface area contributed by atoms with Crippen molar-refractivity contribution >= 4 is 11.9 Å². The first-order valence-electron chi connectivity index (χ1n) is 11.0. The molecule has 1 heterocycles. The molecule has 0 bridgehead atoms. The third-order valence-corrected chi connectivity index (χ3v) is 7.89. The Morgan fingerprint density at radius 1 is 1.34 bits per heavy atom. The number of allylic oxidation sites excluding steroid dienone is 1. The van der Waals surface area contributed by atoms with Crippen LogP contribution in [-0.4, -0.2) is 22.7 Å². The topological polar surface area (TPSA) is 44.1 Å². The Morgan fingerprint density at radius 3 is 2.97 bits per heavy atom. The average Bonchev–Trinajstić information content (AvgIpc) is 3.30. The van der Waals surface area contributed by atoms with Crippen molar-refractivity contribution < 1.29 is 9.53 Å². The molecule has 1 aromatic carbocycles. The number of rotatable bonds is 3. The van der Waals surface area contributed by atoms with Gasteiger partial charge in [-0.05, 0) is 91.7 Å². The molecule has 2 aromatic rings. The summed E-state index contributed by atoms with van der Waals surface area (Å²) in [5.41, 5.74) is 4.81. The number of methoxy groups -OCH3 is 1. The van der Waals surface area contributed by atoms with Crippen LogP contribution in [0.2, 0.25) is 0 Å². The Balaban J connectivity index is 1.46. The van der Waals surface area contributed by atoms with Crippen LogP contribution >= 0.6 is 0 Å². The van der Waals surface area contributed by atoms with Crippen LogP contribution < -0.4 is 4.74 Å². The molecule has 0 unspecified atom stereocenters. The van der Waals surface area contributed by atoms with Crippen molar-refractivity contribution in [2.45, 2.75) is 58.4 Å². The number of nitrogens with zero attached hydrogens (tertiary/aromatic N) is 2. The van der Waals surface area contributed by atoms with Crippen molar-refractivity contribution in [3.05, 3.63) is 52.9 Å². The van der Waals surface area contributed by atoms with E-state index < -0.39 is 0 Å². The molecular formula is C25H30N2O2. The quantitative estimate of drug-likeness (QED) is 0.691. The number of benzene rings is 1. The Kier molecular flexibility index (Phi) is 4.41. The SMILES string of the molecule is CCn1cc(/C=C2\C[C@@H]3[C@@H]4CCc5cc(OC)ccc5[C@@H]4CC[C@]3(C)C2=O)cn1. The summed E-state index contributed by atoms with van der Waals surface area (Å²) >= 11 is 0. The molecule has 0 saturated heterocycles. The zero-order valence-corrected chi connectivity index (χ0v) is 17.6. The lowest BCUT2D eigenvalue weighted by Gasteiger charge is -2.48. The van der Waals surface area contributed by atoms with Crippen molar-refractivity contribution in [3.63, 3.8) is 0 Å². The number of hydrogen-bond donors (Lipinski definition) is 0. The number of aryl methyl sites for hydroxylation is 2. The molecule has 0 amide bonds. The fourth-order valence-corrected chi connectivity index (χ4v) is 6.31. The molecule has 4 heteroatoms. The van der Waals surface area contributed by atoms with Gasteiger partial charge < -0.3 is 4.74 Å². The number of fused-ring (bicyclic) bond motifs is 5. The second-order valence-corrected chi connectivity index (χ2v) is 9.27. The van der Waals surface area contributed by atoms with E-state index in [0.29, 0.717) is 23.5 Å². The molecular weight excluding hydrogens is 360 g/mol. The number of carbonyl (C=O) groups is 1. The maximum absolute atomic E-state index is 13.4. The van der Waals surface area contributed by atoms with Crippen molar-refractivity contribution in [2.24, 2.45) is 17.3 Å². The van der Waals surface area contributed by atoms with Gasteiger partial charge in [0, 0.05) is 23.7 Å². The molecule has 4 nitrogen and oxygen atoms in total. The van der Waals surface area contributed by atoms with E-state index in [1.807, 2.05) is 17.1 Å². The summed E-state index contributed by atoms with van der Waals surface area (Å²) in [7, 11) is 1.74. The molecule has 0 radical (unpaired) electrons. The summed E-state index contributed by atoms with van der Waals surface area (Å²) in [6.45, 7) is 5.17. The highest BCUT2D eigenvalue weighted by molar-refractivity contribution is 6.05. The molecule has 3 aliphatic rings. The van der Waals surface area contributed by atoms with Crippen LogP contribution in [-0.2, 0) is 17.8 Å². The van der Waals surface area contributed by atoms with Gasteiger partial charge in [-0.3, -0.25) is 9.48 Å². The number of ether oxygens (including phenoxy) is 1. The van der Waals surface area contributed by atoms with E-state index in [4.69, 9.17) is 4.74 Å². The lowest BCUT2D eigenvalue weighted by Crippen LogP contribution is -2.42. The summed E-state index contributed by atoms with van der Waals surface area (Å²) in [4.78, 5) is 13.4. The molecule has 2 fully saturated rings. The van der Waals surface area contributed by atoms with Crippen molar-refractivity contribution in [1.29, 1.82) is 0 Å². The molecule has 5 rings (SSSR count). The maximum Gasteiger partial charge on any atom is 0.165 e. The zero-order chi connectivity index (χ0) is 20.2. The highest BCUT2D eigenvalue weighted by Gasteiger charge is 2.56. The lowest BCUT2D eigenvalue weighted by atomic mass is 9.55. The van der Waals surface area contributed by atoms with E-state index in [9.17, 15) is 4.79 Å². The molecule has 152 valence electrons. The average molecular weight is 391 g/mol. The molecule has 0 N–H and O–H groups in total. The summed E-state index contributed by atoms with van der Waals surface area (Å²) < 4.78 is 7.36. The molecule has 3 aliphatic carbocycles. The molecule has 0 spiro atoms. The summed E-state index contributed by atoms with van der Waals surface area (Å²) in [6, 6.07) is 6.60. The third-order valence-electron chi connectivity index (χ3n) is 7.89. The number of Topliss-reactive ketones (excluding diaryl/α,β-unsaturated/α-hetero) is 1. The number of carbonyl (C=O) groups excluding carboxylic acids is 1. The van der Waals surface area contributed by atoms with Crippen LogP contribution in [0.4, 0.5) is 0 Å². The summed E-state index contributed by atoms with van der Waals surface area (Å²) in [6.07, 6.45) is 11.3. The normalized spacial score (nSPS) is 32.0. The van der Waals surface area contributed by atoms with Gasteiger partial charge in [0.15, 0.2) is 5.78 Å². The predicted octanol–water partition coefficient (Wildman–Crippen LogP) is 5.03. The first-order valence-corrected chi connectivity index (χ1v) is 11.0. The first kappa shape index (κ1) is 18.7. The van der Waals surface area contributed by atoms with Gasteiger partial charge in [0.05, 0.1) is 13.3 Å².